The molecule has 0 bridgehead atoms. The first-order valence-electron chi connectivity index (χ1n) is 8.08. The zero-order valence-corrected chi connectivity index (χ0v) is 13.4. The van der Waals surface area contributed by atoms with Crippen molar-refractivity contribution < 1.29 is 0 Å². The third-order valence-electron chi connectivity index (χ3n) is 4.31. The standard InChI is InChI=1S/C20H14N4O/c1-21-16-8-10-19-23-18-12-14(5-7-15-4-2-3-11-22-15)6-9-17(18)20(25)24(19)13-16/h2-4,6,9,11-12,16H,8,10,13H2. The van der Waals surface area contributed by atoms with Crippen molar-refractivity contribution >= 4 is 10.9 Å². The molecule has 0 saturated heterocycles. The van der Waals surface area contributed by atoms with Crippen molar-refractivity contribution in [2.24, 2.45) is 0 Å². The van der Waals surface area contributed by atoms with E-state index in [1.54, 1.807) is 16.8 Å². The largest absolute Gasteiger partial charge is 0.312 e. The predicted molar refractivity (Wildman–Crippen MR) is 94.9 cm³/mol. The van der Waals surface area contributed by atoms with E-state index >= 15 is 0 Å². The maximum Gasteiger partial charge on any atom is 0.261 e. The van der Waals surface area contributed by atoms with Crippen LogP contribution in [0.3, 0.4) is 0 Å². The molecule has 0 spiro atoms. The van der Waals surface area contributed by atoms with Gasteiger partial charge in [-0.3, -0.25) is 9.36 Å². The summed E-state index contributed by atoms with van der Waals surface area (Å²) in [4.78, 5) is 25.1. The average molecular weight is 326 g/mol. The zero-order valence-electron chi connectivity index (χ0n) is 13.4. The minimum Gasteiger partial charge on any atom is -0.312 e. The summed E-state index contributed by atoms with van der Waals surface area (Å²) in [5.41, 5.74) is 2.08. The Hall–Kier alpha value is -3.44. The summed E-state index contributed by atoms with van der Waals surface area (Å²) in [7, 11) is 0. The minimum atomic E-state index is -0.132. The number of rotatable bonds is 0. The van der Waals surface area contributed by atoms with Gasteiger partial charge in [0, 0.05) is 24.6 Å². The molecule has 3 aromatic rings. The first kappa shape index (κ1) is 15.1. The first-order chi connectivity index (χ1) is 12.2. The van der Waals surface area contributed by atoms with Crippen molar-refractivity contribution in [3.05, 3.63) is 81.4 Å². The average Bonchev–Trinajstić information content (AvgIpc) is 2.67. The molecule has 1 aliphatic rings. The van der Waals surface area contributed by atoms with Crippen LogP contribution < -0.4 is 5.56 Å². The van der Waals surface area contributed by atoms with Crippen LogP contribution >= 0.6 is 0 Å². The molecule has 0 saturated carbocycles. The molecule has 0 amide bonds. The maximum atomic E-state index is 12.7. The number of pyridine rings is 1. The Kier molecular flexibility index (Phi) is 3.76. The van der Waals surface area contributed by atoms with Gasteiger partial charge in [0.1, 0.15) is 18.1 Å². The summed E-state index contributed by atoms with van der Waals surface area (Å²) in [5.74, 6) is 6.83. The summed E-state index contributed by atoms with van der Waals surface area (Å²) in [6, 6.07) is 10.9. The first-order valence-corrected chi connectivity index (χ1v) is 8.08. The maximum absolute atomic E-state index is 12.7. The van der Waals surface area contributed by atoms with Gasteiger partial charge in [0.25, 0.3) is 5.56 Å². The summed E-state index contributed by atoms with van der Waals surface area (Å²) < 4.78 is 1.65. The van der Waals surface area contributed by atoms with Crippen molar-refractivity contribution in [1.82, 2.24) is 14.5 Å². The van der Waals surface area contributed by atoms with Crippen LogP contribution in [0.2, 0.25) is 0 Å². The number of hydrogen-bond acceptors (Lipinski definition) is 3. The number of fused-ring (bicyclic) bond motifs is 2. The molecule has 5 nitrogen and oxygen atoms in total. The fourth-order valence-electron chi connectivity index (χ4n) is 3.00. The van der Waals surface area contributed by atoms with Crippen LogP contribution in [-0.4, -0.2) is 20.6 Å². The Balaban J connectivity index is 1.77. The van der Waals surface area contributed by atoms with E-state index in [1.165, 1.54) is 0 Å². The van der Waals surface area contributed by atoms with Gasteiger partial charge in [-0.15, -0.1) is 0 Å². The monoisotopic (exact) mass is 326 g/mol. The van der Waals surface area contributed by atoms with Crippen LogP contribution in [-0.2, 0) is 13.0 Å². The van der Waals surface area contributed by atoms with Crippen LogP contribution in [0, 0.1) is 18.4 Å². The molecular weight excluding hydrogens is 312 g/mol. The fourth-order valence-corrected chi connectivity index (χ4v) is 3.00. The number of benzene rings is 1. The van der Waals surface area contributed by atoms with Crippen LogP contribution in [0.15, 0.2) is 47.4 Å². The van der Waals surface area contributed by atoms with Gasteiger partial charge >= 0.3 is 0 Å². The van der Waals surface area contributed by atoms with E-state index in [1.807, 2.05) is 30.3 Å². The highest BCUT2D eigenvalue weighted by Gasteiger charge is 2.24. The van der Waals surface area contributed by atoms with Crippen LogP contribution in [0.5, 0.6) is 0 Å². The lowest BCUT2D eigenvalue weighted by Gasteiger charge is -2.19. The Morgan fingerprint density at radius 3 is 2.96 bits per heavy atom. The van der Waals surface area contributed by atoms with Gasteiger partial charge in [-0.05, 0) is 36.3 Å². The molecule has 1 aliphatic heterocycles. The van der Waals surface area contributed by atoms with Gasteiger partial charge in [-0.1, -0.05) is 12.0 Å². The molecule has 4 rings (SSSR count). The highest BCUT2D eigenvalue weighted by molar-refractivity contribution is 5.79. The third-order valence-corrected chi connectivity index (χ3v) is 4.31. The molecule has 2 aromatic heterocycles. The van der Waals surface area contributed by atoms with Crippen LogP contribution in [0.4, 0.5) is 0 Å². The molecule has 0 N–H and O–H groups in total. The van der Waals surface area contributed by atoms with Gasteiger partial charge in [0.15, 0.2) is 0 Å². The highest BCUT2D eigenvalue weighted by Crippen LogP contribution is 2.18. The fraction of sp³-hybridized carbons (Fsp3) is 0.200. The topological polar surface area (TPSA) is 52.1 Å². The summed E-state index contributed by atoms with van der Waals surface area (Å²) >= 11 is 0. The smallest absolute Gasteiger partial charge is 0.261 e. The lowest BCUT2D eigenvalue weighted by Crippen LogP contribution is -2.33. The Morgan fingerprint density at radius 2 is 2.16 bits per heavy atom. The molecule has 3 heterocycles. The van der Waals surface area contributed by atoms with E-state index in [-0.39, 0.29) is 11.6 Å². The van der Waals surface area contributed by atoms with E-state index in [4.69, 9.17) is 6.57 Å². The third kappa shape index (κ3) is 2.88. The molecule has 1 unspecified atom stereocenters. The van der Waals surface area contributed by atoms with Crippen molar-refractivity contribution in [1.29, 1.82) is 0 Å². The zero-order chi connectivity index (χ0) is 17.2. The van der Waals surface area contributed by atoms with Crippen molar-refractivity contribution in [3.63, 3.8) is 0 Å². The summed E-state index contributed by atoms with van der Waals surface area (Å²) in [6.45, 7) is 7.62. The predicted octanol–water partition coefficient (Wildman–Crippen LogP) is 2.43. The molecule has 0 fully saturated rings. The van der Waals surface area contributed by atoms with E-state index in [9.17, 15) is 4.79 Å². The molecule has 5 heteroatoms. The van der Waals surface area contributed by atoms with E-state index < -0.39 is 0 Å². The van der Waals surface area contributed by atoms with E-state index in [2.05, 4.69) is 26.7 Å². The molecular formula is C20H14N4O. The molecule has 0 aliphatic carbocycles. The Bertz CT molecular complexity index is 1110. The lowest BCUT2D eigenvalue weighted by atomic mass is 10.1. The second-order valence-electron chi connectivity index (χ2n) is 5.96. The SMILES string of the molecule is [C-]#[N+]C1CCc2nc3cc(C#Cc4ccccn4)ccc3c(=O)n2C1. The number of aromatic nitrogens is 3. The second-order valence-corrected chi connectivity index (χ2v) is 5.96. The lowest BCUT2D eigenvalue weighted by molar-refractivity contribution is 0.477. The van der Waals surface area contributed by atoms with Gasteiger partial charge < -0.3 is 4.85 Å². The Labute approximate surface area is 144 Å². The number of nitrogens with zero attached hydrogens (tertiary/aromatic N) is 4. The normalized spacial score (nSPS) is 15.7. The quantitative estimate of drug-likeness (QED) is 0.471. The minimum absolute atomic E-state index is 0.0717. The van der Waals surface area contributed by atoms with Gasteiger partial charge in [-0.25, -0.2) is 16.5 Å². The van der Waals surface area contributed by atoms with Crippen LogP contribution in [0.25, 0.3) is 15.7 Å². The molecule has 120 valence electrons. The molecule has 25 heavy (non-hydrogen) atoms. The Morgan fingerprint density at radius 1 is 1.24 bits per heavy atom. The number of hydrogen-bond donors (Lipinski definition) is 0. The molecule has 1 aromatic carbocycles. The number of aryl methyl sites for hydroxylation is 1. The van der Waals surface area contributed by atoms with Gasteiger partial charge in [0.2, 0.25) is 6.04 Å². The summed E-state index contributed by atoms with van der Waals surface area (Å²) in [5, 5.41) is 0.567. The van der Waals surface area contributed by atoms with Crippen molar-refractivity contribution in [2.45, 2.75) is 25.4 Å². The van der Waals surface area contributed by atoms with Crippen molar-refractivity contribution in [3.8, 4) is 11.8 Å². The highest BCUT2D eigenvalue weighted by atomic mass is 16.1. The van der Waals surface area contributed by atoms with E-state index in [0.29, 0.717) is 29.6 Å². The second kappa shape index (κ2) is 6.22. The molecule has 0 radical (unpaired) electrons. The van der Waals surface area contributed by atoms with Gasteiger partial charge in [0.05, 0.1) is 10.9 Å². The van der Waals surface area contributed by atoms with Crippen molar-refractivity contribution in [2.75, 3.05) is 0 Å². The molecule has 1 atom stereocenters. The summed E-state index contributed by atoms with van der Waals surface area (Å²) in [6.07, 6.45) is 3.11. The van der Waals surface area contributed by atoms with Crippen LogP contribution in [0.1, 0.15) is 23.5 Å². The van der Waals surface area contributed by atoms with E-state index in [0.717, 1.165) is 17.8 Å². The van der Waals surface area contributed by atoms with Gasteiger partial charge in [-0.2, -0.15) is 0 Å².